The van der Waals surface area contributed by atoms with Crippen molar-refractivity contribution in [3.63, 3.8) is 0 Å². The lowest BCUT2D eigenvalue weighted by molar-refractivity contribution is 0.602. The zero-order valence-corrected chi connectivity index (χ0v) is 12.0. The van der Waals surface area contributed by atoms with Gasteiger partial charge in [0, 0.05) is 6.04 Å². The highest BCUT2D eigenvalue weighted by Crippen LogP contribution is 2.27. The molecule has 1 fully saturated rings. The molecule has 1 saturated heterocycles. The van der Waals surface area contributed by atoms with E-state index in [1.165, 1.54) is 11.0 Å². The van der Waals surface area contributed by atoms with E-state index < -0.39 is 9.84 Å². The van der Waals surface area contributed by atoms with E-state index in [9.17, 15) is 8.42 Å². The highest BCUT2D eigenvalue weighted by atomic mass is 35.5. The summed E-state index contributed by atoms with van der Waals surface area (Å²) < 4.78 is 24.4. The Bertz CT molecular complexity index is 716. The summed E-state index contributed by atoms with van der Waals surface area (Å²) in [6.07, 6.45) is 2.07. The van der Waals surface area contributed by atoms with Gasteiger partial charge in [-0.3, -0.25) is 0 Å². The number of sulfone groups is 1. The second-order valence-corrected chi connectivity index (χ2v) is 7.30. The van der Waals surface area contributed by atoms with Gasteiger partial charge in [0.1, 0.15) is 6.33 Å². The molecule has 2 heterocycles. The molecule has 9 heteroatoms. The zero-order chi connectivity index (χ0) is 14.2. The molecular formula is C11H12ClN5O2S. The Labute approximate surface area is 120 Å². The Morgan fingerprint density at radius 2 is 2.25 bits per heavy atom. The van der Waals surface area contributed by atoms with Crippen LogP contribution in [-0.2, 0) is 9.84 Å². The predicted octanol–water partition coefficient (Wildman–Crippen LogP) is 0.915. The third kappa shape index (κ3) is 2.75. The van der Waals surface area contributed by atoms with Crippen LogP contribution in [0.3, 0.4) is 0 Å². The van der Waals surface area contributed by atoms with Crippen molar-refractivity contribution in [2.24, 2.45) is 0 Å². The minimum atomic E-state index is -2.92. The van der Waals surface area contributed by atoms with Crippen molar-refractivity contribution in [3.8, 4) is 5.69 Å². The smallest absolute Gasteiger partial charge is 0.152 e. The van der Waals surface area contributed by atoms with Gasteiger partial charge < -0.3 is 5.32 Å². The number of nitrogens with zero attached hydrogens (tertiary/aromatic N) is 4. The first-order valence-corrected chi connectivity index (χ1v) is 8.23. The SMILES string of the molecule is O=S1(=O)CCC(Nc2cc(-n3cnnn3)ccc2Cl)C1. The first-order chi connectivity index (χ1) is 9.53. The fraction of sp³-hybridized carbons (Fsp3) is 0.364. The van der Waals surface area contributed by atoms with E-state index in [2.05, 4.69) is 20.8 Å². The second kappa shape index (κ2) is 5.02. The van der Waals surface area contributed by atoms with E-state index in [1.54, 1.807) is 18.2 Å². The highest BCUT2D eigenvalue weighted by Gasteiger charge is 2.28. The maximum atomic E-state index is 11.5. The predicted molar refractivity (Wildman–Crippen MR) is 74.8 cm³/mol. The maximum absolute atomic E-state index is 11.5. The van der Waals surface area contributed by atoms with Gasteiger partial charge in [-0.05, 0) is 35.0 Å². The molecule has 106 valence electrons. The van der Waals surface area contributed by atoms with E-state index in [0.717, 1.165) is 5.69 Å². The van der Waals surface area contributed by atoms with E-state index in [1.807, 2.05) is 0 Å². The van der Waals surface area contributed by atoms with Crippen molar-refractivity contribution < 1.29 is 8.42 Å². The fourth-order valence-corrected chi connectivity index (χ4v) is 4.02. The van der Waals surface area contributed by atoms with Crippen LogP contribution in [-0.4, -0.2) is 46.2 Å². The molecule has 0 aliphatic carbocycles. The standard InChI is InChI=1S/C11H12ClN5O2S/c12-10-2-1-9(17-7-13-15-16-17)5-11(10)14-8-3-4-20(18,19)6-8/h1-2,5,7-8,14H,3-4,6H2. The van der Waals surface area contributed by atoms with Crippen molar-refractivity contribution in [2.45, 2.75) is 12.5 Å². The van der Waals surface area contributed by atoms with Crippen LogP contribution in [0.15, 0.2) is 24.5 Å². The molecule has 1 N–H and O–H groups in total. The average molecular weight is 314 g/mol. The number of tetrazole rings is 1. The van der Waals surface area contributed by atoms with E-state index in [4.69, 9.17) is 11.6 Å². The summed E-state index contributed by atoms with van der Waals surface area (Å²) in [7, 11) is -2.92. The van der Waals surface area contributed by atoms with Crippen LogP contribution in [0.25, 0.3) is 5.69 Å². The number of rotatable bonds is 3. The van der Waals surface area contributed by atoms with Crippen LogP contribution in [0.2, 0.25) is 5.02 Å². The quantitative estimate of drug-likeness (QED) is 0.906. The van der Waals surface area contributed by atoms with Crippen LogP contribution >= 0.6 is 11.6 Å². The lowest BCUT2D eigenvalue weighted by atomic mass is 10.2. The van der Waals surface area contributed by atoms with Crippen LogP contribution < -0.4 is 5.32 Å². The Kier molecular flexibility index (Phi) is 3.35. The van der Waals surface area contributed by atoms with Crippen molar-refractivity contribution in [1.29, 1.82) is 0 Å². The van der Waals surface area contributed by atoms with Gasteiger partial charge in [0.05, 0.1) is 27.9 Å². The molecule has 0 spiro atoms. The van der Waals surface area contributed by atoms with E-state index in [-0.39, 0.29) is 17.5 Å². The van der Waals surface area contributed by atoms with Gasteiger partial charge in [-0.2, -0.15) is 0 Å². The van der Waals surface area contributed by atoms with Gasteiger partial charge in [0.25, 0.3) is 0 Å². The molecule has 7 nitrogen and oxygen atoms in total. The van der Waals surface area contributed by atoms with Gasteiger partial charge in [-0.25, -0.2) is 13.1 Å². The molecule has 1 aromatic carbocycles. The summed E-state index contributed by atoms with van der Waals surface area (Å²) in [4.78, 5) is 0. The van der Waals surface area contributed by atoms with Crippen LogP contribution in [0.5, 0.6) is 0 Å². The molecule has 3 rings (SSSR count). The zero-order valence-electron chi connectivity index (χ0n) is 10.4. The Hall–Kier alpha value is -1.67. The summed E-state index contributed by atoms with van der Waals surface area (Å²) in [6.45, 7) is 0. The van der Waals surface area contributed by atoms with Crippen LogP contribution in [0.1, 0.15) is 6.42 Å². The molecule has 2 aromatic rings. The number of anilines is 1. The monoisotopic (exact) mass is 313 g/mol. The van der Waals surface area contributed by atoms with Crippen LogP contribution in [0.4, 0.5) is 5.69 Å². The molecule has 1 aliphatic rings. The lowest BCUT2D eigenvalue weighted by Crippen LogP contribution is -2.20. The number of halogens is 1. The molecule has 0 saturated carbocycles. The molecular weight excluding hydrogens is 302 g/mol. The van der Waals surface area contributed by atoms with Gasteiger partial charge >= 0.3 is 0 Å². The number of hydrogen-bond acceptors (Lipinski definition) is 6. The Morgan fingerprint density at radius 3 is 2.90 bits per heavy atom. The molecule has 1 atom stereocenters. The fourth-order valence-electron chi connectivity index (χ4n) is 2.17. The minimum absolute atomic E-state index is 0.110. The molecule has 1 aromatic heterocycles. The third-order valence-electron chi connectivity index (χ3n) is 3.16. The van der Waals surface area contributed by atoms with Crippen LogP contribution in [0, 0.1) is 0 Å². The number of aromatic nitrogens is 4. The number of nitrogens with one attached hydrogen (secondary N) is 1. The van der Waals surface area contributed by atoms with Crippen molar-refractivity contribution in [1.82, 2.24) is 20.2 Å². The average Bonchev–Trinajstić information content (AvgIpc) is 3.02. The summed E-state index contributed by atoms with van der Waals surface area (Å²) in [5.41, 5.74) is 1.43. The largest absolute Gasteiger partial charge is 0.380 e. The van der Waals surface area contributed by atoms with Gasteiger partial charge in [0.2, 0.25) is 0 Å². The summed E-state index contributed by atoms with van der Waals surface area (Å²) in [5.74, 6) is 0.355. The molecule has 1 unspecified atom stereocenters. The number of benzene rings is 1. The first-order valence-electron chi connectivity index (χ1n) is 6.03. The molecule has 1 aliphatic heterocycles. The molecule has 20 heavy (non-hydrogen) atoms. The summed E-state index contributed by atoms with van der Waals surface area (Å²) in [5, 5.41) is 14.7. The molecule has 0 radical (unpaired) electrons. The molecule has 0 bridgehead atoms. The third-order valence-corrected chi connectivity index (χ3v) is 5.25. The number of hydrogen-bond donors (Lipinski definition) is 1. The normalized spacial score (nSPS) is 20.9. The van der Waals surface area contributed by atoms with Gasteiger partial charge in [-0.1, -0.05) is 11.6 Å². The summed E-state index contributed by atoms with van der Waals surface area (Å²) >= 11 is 6.13. The Balaban J connectivity index is 1.84. The lowest BCUT2D eigenvalue weighted by Gasteiger charge is -2.14. The Morgan fingerprint density at radius 1 is 1.40 bits per heavy atom. The topological polar surface area (TPSA) is 89.8 Å². The maximum Gasteiger partial charge on any atom is 0.152 e. The van der Waals surface area contributed by atoms with Gasteiger partial charge in [0.15, 0.2) is 9.84 Å². The summed E-state index contributed by atoms with van der Waals surface area (Å²) in [6, 6.07) is 5.20. The van der Waals surface area contributed by atoms with Crippen molar-refractivity contribution >= 4 is 27.1 Å². The first kappa shape index (κ1) is 13.3. The highest BCUT2D eigenvalue weighted by molar-refractivity contribution is 7.91. The minimum Gasteiger partial charge on any atom is -0.380 e. The van der Waals surface area contributed by atoms with Gasteiger partial charge in [-0.15, -0.1) is 5.10 Å². The van der Waals surface area contributed by atoms with Crippen molar-refractivity contribution in [3.05, 3.63) is 29.5 Å². The molecule has 0 amide bonds. The van der Waals surface area contributed by atoms with E-state index in [0.29, 0.717) is 17.1 Å². The van der Waals surface area contributed by atoms with E-state index >= 15 is 0 Å². The van der Waals surface area contributed by atoms with Crippen molar-refractivity contribution in [2.75, 3.05) is 16.8 Å². The second-order valence-electron chi connectivity index (χ2n) is 4.66.